The van der Waals surface area contributed by atoms with Crippen LogP contribution in [0.25, 0.3) is 0 Å². The summed E-state index contributed by atoms with van der Waals surface area (Å²) in [6, 6.07) is 0.481. The highest BCUT2D eigenvalue weighted by atomic mass is 32.2. The number of hydrogen-bond acceptors (Lipinski definition) is 21. The van der Waals surface area contributed by atoms with Crippen molar-refractivity contribution in [2.45, 2.75) is 219 Å². The van der Waals surface area contributed by atoms with Crippen molar-refractivity contribution in [2.24, 2.45) is 112 Å². The van der Waals surface area contributed by atoms with E-state index in [1.54, 1.807) is 25.3 Å². The lowest BCUT2D eigenvalue weighted by molar-refractivity contribution is -0.142. The third-order valence-electron chi connectivity index (χ3n) is 18.7. The van der Waals surface area contributed by atoms with Crippen LogP contribution in [0.1, 0.15) is 192 Å². The minimum atomic E-state index is -1.29. The molecule has 1 heterocycles. The van der Waals surface area contributed by atoms with Crippen LogP contribution in [0.4, 0.5) is 0 Å². The number of aliphatic imine (C=N–C) groups is 5. The van der Waals surface area contributed by atoms with Crippen molar-refractivity contribution in [3.05, 3.63) is 35.4 Å². The van der Waals surface area contributed by atoms with Gasteiger partial charge in [-0.2, -0.15) is 11.8 Å². The Kier molecular flexibility index (Phi) is 47.7. The first kappa shape index (κ1) is 98.9. The molecule has 0 spiro atoms. The van der Waals surface area contributed by atoms with Gasteiger partial charge in [0.2, 0.25) is 41.4 Å². The number of ketones is 7. The topological polar surface area (TPSA) is 646 Å². The molecule has 1 aromatic rings. The van der Waals surface area contributed by atoms with Gasteiger partial charge in [0.25, 0.3) is 0 Å². The molecule has 26 N–H and O–H groups in total. The van der Waals surface area contributed by atoms with Crippen molar-refractivity contribution >= 4 is 123 Å². The third-order valence-corrected chi connectivity index (χ3v) is 19.4. The van der Waals surface area contributed by atoms with Crippen LogP contribution >= 0.6 is 11.8 Å². The molecule has 0 saturated carbocycles. The van der Waals surface area contributed by atoms with Crippen LogP contribution in [0.5, 0.6) is 0 Å². The van der Waals surface area contributed by atoms with Gasteiger partial charge in [0.1, 0.15) is 24.5 Å². The summed E-state index contributed by atoms with van der Waals surface area (Å²) in [6.45, 7) is 10.0. The standard InChI is InChI=1S/C75H126N22O15S/c1-8-59(100)54(18-11-31-88-73(80)81)94-66(107)51(17-10-30-87-72(78)79)40-63(104)56(20-13-33-90-75(84)85)95-67(108)50(16-9-29-86-71(76)77)39-62(103)55(19-12-32-89-74(82)83)93-64(105)28-27-61(102)46(5)92-68(109)52(43-113-7)38-53(99)41-91-69(110)57(36-44(2)3)96-70(111)58-21-14-34-97(58)65(106)42-112-35-15-22-60(101)45(4)37-48-23-25-49(26-24-48)47(6)98/h23-26,44-46,50-52,54-58H,8-22,27-43H2,1-7H3,(H,91,110)(H,92,109)(H,93,105)(H,94,107)(H,95,108)(H,96,111)(H4,76,77,86)(H4,78,79,87)(H4,80,81,88)(H4,82,83,89)(H4,84,85,90)/t45-,46-,50-,51-,52-,54+,55+,56+,57-,58?/m0/s1. The predicted octanol–water partition coefficient (Wildman–Crippen LogP) is -1.28. The Balaban J connectivity index is 2.22. The first-order valence-electron chi connectivity index (χ1n) is 38.6. The first-order chi connectivity index (χ1) is 53.5. The lowest BCUT2D eigenvalue weighted by atomic mass is 9.89. The maximum atomic E-state index is 14.7. The number of rotatable bonds is 60. The molecule has 1 aliphatic rings. The molecular formula is C75H126N22O15S. The molecule has 1 aromatic carbocycles. The number of Topliss-reactive ketones (excluding diaryl/α,β-unsaturated/α-hetero) is 7. The Morgan fingerprint density at radius 1 is 0.522 bits per heavy atom. The van der Waals surface area contributed by atoms with E-state index in [2.05, 4.69) is 56.9 Å². The summed E-state index contributed by atoms with van der Waals surface area (Å²) in [5.74, 6) is -11.5. The van der Waals surface area contributed by atoms with Gasteiger partial charge < -0.3 is 98.9 Å². The summed E-state index contributed by atoms with van der Waals surface area (Å²) in [5, 5.41) is 16.3. The maximum absolute atomic E-state index is 14.7. The summed E-state index contributed by atoms with van der Waals surface area (Å²) >= 11 is 1.26. The Morgan fingerprint density at radius 2 is 0.991 bits per heavy atom. The second-order valence-corrected chi connectivity index (χ2v) is 29.7. The van der Waals surface area contributed by atoms with E-state index in [9.17, 15) is 67.1 Å². The zero-order valence-electron chi connectivity index (χ0n) is 66.8. The van der Waals surface area contributed by atoms with E-state index in [4.69, 9.17) is 62.1 Å². The van der Waals surface area contributed by atoms with Crippen molar-refractivity contribution in [3.8, 4) is 0 Å². The molecule has 632 valence electrons. The largest absolute Gasteiger partial charge is 0.372 e. The van der Waals surface area contributed by atoms with E-state index < -0.39 is 151 Å². The highest BCUT2D eigenvalue weighted by Gasteiger charge is 2.38. The summed E-state index contributed by atoms with van der Waals surface area (Å²) in [6.07, 6.45) is 2.99. The molecule has 37 nitrogen and oxygen atoms in total. The fraction of sp³-hybridized carbons (Fsp3) is 0.667. The summed E-state index contributed by atoms with van der Waals surface area (Å²) in [4.78, 5) is 213. The molecule has 1 fully saturated rings. The van der Waals surface area contributed by atoms with E-state index in [0.29, 0.717) is 37.7 Å². The minimum Gasteiger partial charge on any atom is -0.372 e. The highest BCUT2D eigenvalue weighted by Crippen LogP contribution is 2.23. The van der Waals surface area contributed by atoms with Crippen LogP contribution in [0.3, 0.4) is 0 Å². The van der Waals surface area contributed by atoms with Crippen molar-refractivity contribution < 1.29 is 71.9 Å². The normalized spacial score (nSPS) is 14.8. The van der Waals surface area contributed by atoms with E-state index in [1.165, 1.54) is 30.5 Å². The number of benzene rings is 1. The van der Waals surface area contributed by atoms with Gasteiger partial charge in [0.15, 0.2) is 64.5 Å². The van der Waals surface area contributed by atoms with Gasteiger partial charge in [-0.1, -0.05) is 52.0 Å². The maximum Gasteiger partial charge on any atom is 0.249 e. The van der Waals surface area contributed by atoms with Crippen molar-refractivity contribution in [2.75, 3.05) is 71.0 Å². The van der Waals surface area contributed by atoms with E-state index >= 15 is 0 Å². The van der Waals surface area contributed by atoms with Crippen LogP contribution in [-0.2, 0) is 73.5 Å². The molecular weight excluding hydrogens is 1480 g/mol. The third kappa shape index (κ3) is 41.8. The molecule has 7 amide bonds. The molecule has 10 atom stereocenters. The fourth-order valence-corrected chi connectivity index (χ4v) is 13.2. The summed E-state index contributed by atoms with van der Waals surface area (Å²) < 4.78 is 5.65. The summed E-state index contributed by atoms with van der Waals surface area (Å²) in [5.41, 5.74) is 57.1. The number of nitrogens with one attached hydrogen (secondary N) is 6. The van der Waals surface area contributed by atoms with Gasteiger partial charge in [-0.15, -0.1) is 0 Å². The van der Waals surface area contributed by atoms with Gasteiger partial charge >= 0.3 is 0 Å². The SMILES string of the molecule is CCC(=O)[C@@H](CCCN=C(N)N)NC(=O)[C@@H](CCCN=C(N)N)CC(=O)[C@@H](CCCN=C(N)N)NC(=O)[C@@H](CCCN=C(N)N)CC(=O)[C@@H](CCCN=C(N)N)NC(=O)CCC(=O)[C@H](C)NC(=O)[C@H](CSC)CC(=O)CNC(=O)[C@H](CC(C)C)NC(=O)C1CCCN1C(=O)COCCCC(=O)[C@@H](C)Cc1ccc(C(C)=O)cc1. The molecule has 38 heteroatoms. The monoisotopic (exact) mass is 1610 g/mol. The quantitative estimate of drug-likeness (QED) is 0.0156. The number of hydrogen-bond donors (Lipinski definition) is 16. The Labute approximate surface area is 666 Å². The Hall–Kier alpha value is -10.1. The average molecular weight is 1610 g/mol. The number of nitrogens with two attached hydrogens (primary N) is 10. The van der Waals surface area contributed by atoms with Crippen LogP contribution < -0.4 is 89.2 Å². The molecule has 0 radical (unpaired) electrons. The number of amides is 7. The first-order valence-corrected chi connectivity index (χ1v) is 40.0. The van der Waals surface area contributed by atoms with E-state index in [1.807, 2.05) is 32.9 Å². The number of nitrogens with zero attached hydrogens (tertiary/aromatic N) is 6. The van der Waals surface area contributed by atoms with Gasteiger partial charge in [-0.3, -0.25) is 92.1 Å². The van der Waals surface area contributed by atoms with Gasteiger partial charge in [-0.25, -0.2) is 0 Å². The number of likely N-dealkylation sites (tertiary alicyclic amines) is 1. The number of guanidine groups is 5. The smallest absolute Gasteiger partial charge is 0.249 e. The zero-order chi connectivity index (χ0) is 84.7. The van der Waals surface area contributed by atoms with E-state index in [0.717, 1.165) is 5.56 Å². The number of ether oxygens (including phenoxy) is 1. The van der Waals surface area contributed by atoms with E-state index in [-0.39, 0.29) is 201 Å². The fourth-order valence-electron chi connectivity index (χ4n) is 12.5. The molecule has 1 unspecified atom stereocenters. The lowest BCUT2D eigenvalue weighted by Gasteiger charge is -2.27. The molecule has 0 aromatic heterocycles. The van der Waals surface area contributed by atoms with Crippen molar-refractivity contribution in [1.29, 1.82) is 0 Å². The number of carbonyl (C=O) groups is 14. The minimum absolute atomic E-state index is 0.0193. The van der Waals surface area contributed by atoms with Crippen molar-refractivity contribution in [1.82, 2.24) is 36.8 Å². The zero-order valence-corrected chi connectivity index (χ0v) is 67.6. The Morgan fingerprint density at radius 3 is 1.45 bits per heavy atom. The van der Waals surface area contributed by atoms with Crippen LogP contribution in [0.15, 0.2) is 49.2 Å². The molecule has 2 rings (SSSR count). The molecule has 1 aliphatic heterocycles. The number of thioether (sulfide) groups is 1. The highest BCUT2D eigenvalue weighted by molar-refractivity contribution is 7.98. The van der Waals surface area contributed by atoms with Gasteiger partial charge in [0.05, 0.1) is 36.6 Å². The lowest BCUT2D eigenvalue weighted by Crippen LogP contribution is -2.54. The summed E-state index contributed by atoms with van der Waals surface area (Å²) in [7, 11) is 0. The molecule has 113 heavy (non-hydrogen) atoms. The predicted molar refractivity (Wildman–Crippen MR) is 434 cm³/mol. The second-order valence-electron chi connectivity index (χ2n) is 28.8. The van der Waals surface area contributed by atoms with Gasteiger partial charge in [0, 0.05) is 120 Å². The molecule has 0 aliphatic carbocycles. The average Bonchev–Trinajstić information content (AvgIpc) is 1.62. The van der Waals surface area contributed by atoms with Crippen LogP contribution in [0.2, 0.25) is 0 Å². The Bertz CT molecular complexity index is 3460. The molecule has 0 bridgehead atoms. The van der Waals surface area contributed by atoms with Crippen LogP contribution in [-0.4, -0.2) is 224 Å². The number of carbonyl (C=O) groups excluding carboxylic acids is 14. The van der Waals surface area contributed by atoms with Gasteiger partial charge in [-0.05, 0) is 128 Å². The van der Waals surface area contributed by atoms with Crippen LogP contribution in [0, 0.1) is 29.6 Å². The van der Waals surface area contributed by atoms with Crippen molar-refractivity contribution in [3.63, 3.8) is 0 Å². The second kappa shape index (κ2) is 54.5. The molecule has 1 saturated heterocycles.